The summed E-state index contributed by atoms with van der Waals surface area (Å²) in [6.45, 7) is 6.26. The third-order valence-corrected chi connectivity index (χ3v) is 3.33. The third-order valence-electron chi connectivity index (χ3n) is 3.23. The molecule has 2 aromatic rings. The summed E-state index contributed by atoms with van der Waals surface area (Å²) in [4.78, 5) is 4.31. The van der Waals surface area contributed by atoms with E-state index >= 15 is 0 Å². The van der Waals surface area contributed by atoms with Crippen molar-refractivity contribution in [2.24, 2.45) is 4.99 Å². The number of hydrogen-bond donors (Lipinski definition) is 0. The van der Waals surface area contributed by atoms with Crippen LogP contribution in [0, 0.1) is 13.8 Å². The summed E-state index contributed by atoms with van der Waals surface area (Å²) in [5.41, 5.74) is 8.13. The van der Waals surface area contributed by atoms with Gasteiger partial charge in [-0.25, -0.2) is 4.99 Å². The van der Waals surface area contributed by atoms with E-state index in [0.717, 1.165) is 16.8 Å². The smallest absolute Gasteiger partial charge is 0.0934 e. The van der Waals surface area contributed by atoms with Gasteiger partial charge in [-0.15, -0.1) is 0 Å². The zero-order valence-electron chi connectivity index (χ0n) is 12.0. The van der Waals surface area contributed by atoms with E-state index in [2.05, 4.69) is 56.1 Å². The standard InChI is InChI=1S/C18H18ClN/c1-13-9-15(3)18(20-12-19)17(10-13)14(2)11-16-7-5-4-6-8-16/h4-12H,1-3H3/b14-11+,20-12?. The molecule has 1 nitrogen and oxygen atoms in total. The van der Waals surface area contributed by atoms with Crippen LogP contribution in [0.4, 0.5) is 5.69 Å². The summed E-state index contributed by atoms with van der Waals surface area (Å²) in [7, 11) is 0. The van der Waals surface area contributed by atoms with E-state index in [4.69, 9.17) is 11.6 Å². The fourth-order valence-corrected chi connectivity index (χ4v) is 2.46. The van der Waals surface area contributed by atoms with Crippen molar-refractivity contribution in [3.8, 4) is 0 Å². The largest absolute Gasteiger partial charge is 0.244 e. The molecule has 0 bridgehead atoms. The molecule has 0 unspecified atom stereocenters. The van der Waals surface area contributed by atoms with Crippen LogP contribution in [0.5, 0.6) is 0 Å². The summed E-state index contributed by atoms with van der Waals surface area (Å²) in [6.07, 6.45) is 2.17. The second-order valence-electron chi connectivity index (χ2n) is 4.94. The molecule has 0 aliphatic heterocycles. The molecule has 0 aliphatic rings. The van der Waals surface area contributed by atoms with E-state index in [1.807, 2.05) is 18.2 Å². The lowest BCUT2D eigenvalue weighted by molar-refractivity contribution is 1.33. The Morgan fingerprint density at radius 2 is 1.80 bits per heavy atom. The van der Waals surface area contributed by atoms with Crippen LogP contribution in [0.25, 0.3) is 11.6 Å². The molecule has 0 aromatic heterocycles. The normalized spacial score (nSPS) is 12.1. The monoisotopic (exact) mass is 283 g/mol. The summed E-state index contributed by atoms with van der Waals surface area (Å²) >= 11 is 5.67. The predicted octanol–water partition coefficient (Wildman–Crippen LogP) is 5.76. The maximum absolute atomic E-state index is 5.67. The Bertz CT molecular complexity index is 655. The molecule has 0 N–H and O–H groups in total. The average Bonchev–Trinajstić information content (AvgIpc) is 2.42. The first-order valence-corrected chi connectivity index (χ1v) is 7.03. The Balaban J connectivity index is 2.54. The van der Waals surface area contributed by atoms with Crippen LogP contribution >= 0.6 is 11.6 Å². The van der Waals surface area contributed by atoms with E-state index in [1.54, 1.807) is 0 Å². The number of allylic oxidation sites excluding steroid dienone is 1. The van der Waals surface area contributed by atoms with Crippen molar-refractivity contribution in [1.29, 1.82) is 0 Å². The number of aliphatic imine (C=N–C) groups is 1. The zero-order valence-corrected chi connectivity index (χ0v) is 12.8. The number of halogens is 1. The highest BCUT2D eigenvalue weighted by Gasteiger charge is 2.07. The van der Waals surface area contributed by atoms with Crippen LogP contribution in [0.1, 0.15) is 29.2 Å². The van der Waals surface area contributed by atoms with Crippen LogP contribution in [0.2, 0.25) is 0 Å². The van der Waals surface area contributed by atoms with Crippen molar-refractivity contribution >= 4 is 34.6 Å². The first-order chi connectivity index (χ1) is 9.61. The van der Waals surface area contributed by atoms with Crippen LogP contribution in [-0.4, -0.2) is 5.67 Å². The molecule has 0 fully saturated rings. The van der Waals surface area contributed by atoms with Crippen LogP contribution in [0.3, 0.4) is 0 Å². The molecule has 0 heterocycles. The van der Waals surface area contributed by atoms with Crippen molar-refractivity contribution < 1.29 is 0 Å². The van der Waals surface area contributed by atoms with Gasteiger partial charge in [-0.1, -0.05) is 59.6 Å². The molecule has 102 valence electrons. The van der Waals surface area contributed by atoms with Gasteiger partial charge >= 0.3 is 0 Å². The predicted molar refractivity (Wildman–Crippen MR) is 89.9 cm³/mol. The van der Waals surface area contributed by atoms with Crippen LogP contribution in [0.15, 0.2) is 47.5 Å². The van der Waals surface area contributed by atoms with Crippen molar-refractivity contribution in [1.82, 2.24) is 0 Å². The summed E-state index contributed by atoms with van der Waals surface area (Å²) in [6, 6.07) is 14.6. The molecule has 0 radical (unpaired) electrons. The molecular weight excluding hydrogens is 266 g/mol. The van der Waals surface area contributed by atoms with Gasteiger partial charge in [0, 0.05) is 5.56 Å². The van der Waals surface area contributed by atoms with Gasteiger partial charge in [0.25, 0.3) is 0 Å². The molecule has 0 amide bonds. The number of rotatable bonds is 3. The van der Waals surface area contributed by atoms with E-state index in [0.29, 0.717) is 0 Å². The Kier molecular flexibility index (Phi) is 4.75. The minimum absolute atomic E-state index is 0.940. The second-order valence-corrected chi connectivity index (χ2v) is 5.14. The van der Waals surface area contributed by atoms with Crippen molar-refractivity contribution in [3.05, 3.63) is 64.7 Å². The molecule has 20 heavy (non-hydrogen) atoms. The van der Waals surface area contributed by atoms with E-state index in [-0.39, 0.29) is 0 Å². The maximum atomic E-state index is 5.67. The first kappa shape index (κ1) is 14.5. The van der Waals surface area contributed by atoms with Gasteiger partial charge < -0.3 is 0 Å². The highest BCUT2D eigenvalue weighted by Crippen LogP contribution is 2.32. The van der Waals surface area contributed by atoms with Gasteiger partial charge in [0.05, 0.1) is 11.4 Å². The van der Waals surface area contributed by atoms with Gasteiger partial charge in [0.1, 0.15) is 0 Å². The number of aryl methyl sites for hydroxylation is 2. The molecular formula is C18H18ClN. The minimum atomic E-state index is 0.940. The highest BCUT2D eigenvalue weighted by atomic mass is 35.5. The summed E-state index contributed by atoms with van der Waals surface area (Å²) in [5, 5.41) is 0. The molecule has 0 spiro atoms. The topological polar surface area (TPSA) is 12.4 Å². The van der Waals surface area contributed by atoms with Gasteiger partial charge in [0.2, 0.25) is 0 Å². The first-order valence-electron chi connectivity index (χ1n) is 6.59. The minimum Gasteiger partial charge on any atom is -0.244 e. The van der Waals surface area contributed by atoms with Gasteiger partial charge in [-0.2, -0.15) is 0 Å². The molecule has 0 saturated heterocycles. The zero-order chi connectivity index (χ0) is 14.5. The second kappa shape index (κ2) is 6.53. The quantitative estimate of drug-likeness (QED) is 0.501. The fraction of sp³-hybridized carbons (Fsp3) is 0.167. The third kappa shape index (κ3) is 3.37. The lowest BCUT2D eigenvalue weighted by atomic mass is 9.97. The highest BCUT2D eigenvalue weighted by molar-refractivity contribution is 6.56. The van der Waals surface area contributed by atoms with Crippen LogP contribution in [-0.2, 0) is 0 Å². The van der Waals surface area contributed by atoms with Crippen molar-refractivity contribution in [2.45, 2.75) is 20.8 Å². The number of benzene rings is 2. The Morgan fingerprint density at radius 1 is 1.10 bits per heavy atom. The van der Waals surface area contributed by atoms with Crippen molar-refractivity contribution in [2.75, 3.05) is 0 Å². The number of hydrogen-bond acceptors (Lipinski definition) is 1. The average molecular weight is 284 g/mol. The molecule has 0 aliphatic carbocycles. The number of nitrogens with zero attached hydrogens (tertiary/aromatic N) is 1. The van der Waals surface area contributed by atoms with E-state index in [9.17, 15) is 0 Å². The summed E-state index contributed by atoms with van der Waals surface area (Å²) < 4.78 is 0. The Hall–Kier alpha value is -1.86. The molecule has 0 saturated carbocycles. The molecule has 2 rings (SSSR count). The SMILES string of the molecule is C/C(=C\c1ccccc1)c1cc(C)cc(C)c1N=CCl. The molecule has 2 aromatic carbocycles. The van der Waals surface area contributed by atoms with Crippen LogP contribution < -0.4 is 0 Å². The lowest BCUT2D eigenvalue weighted by Gasteiger charge is -2.11. The van der Waals surface area contributed by atoms with E-state index in [1.165, 1.54) is 22.4 Å². The van der Waals surface area contributed by atoms with Gasteiger partial charge in [0.15, 0.2) is 0 Å². The van der Waals surface area contributed by atoms with Crippen molar-refractivity contribution in [3.63, 3.8) is 0 Å². The van der Waals surface area contributed by atoms with Gasteiger partial charge in [-0.3, -0.25) is 0 Å². The fourth-order valence-electron chi connectivity index (χ4n) is 2.36. The Morgan fingerprint density at radius 3 is 2.45 bits per heavy atom. The Labute approximate surface area is 125 Å². The van der Waals surface area contributed by atoms with Gasteiger partial charge in [-0.05, 0) is 43.5 Å². The maximum Gasteiger partial charge on any atom is 0.0934 e. The molecule has 2 heteroatoms. The summed E-state index contributed by atoms with van der Waals surface area (Å²) in [5.74, 6) is 0. The lowest BCUT2D eigenvalue weighted by Crippen LogP contribution is -1.88. The molecule has 0 atom stereocenters. The van der Waals surface area contributed by atoms with E-state index < -0.39 is 0 Å².